The summed E-state index contributed by atoms with van der Waals surface area (Å²) in [5, 5.41) is 12.0. The van der Waals surface area contributed by atoms with Crippen LogP contribution in [0, 0.1) is 17.8 Å². The Morgan fingerprint density at radius 3 is 2.58 bits per heavy atom. The zero-order chi connectivity index (χ0) is 8.39. The van der Waals surface area contributed by atoms with E-state index in [1.165, 1.54) is 25.8 Å². The Hall–Kier alpha value is -0.0800. The number of rotatable bonds is 5. The van der Waals surface area contributed by atoms with Gasteiger partial charge < -0.3 is 10.4 Å². The van der Waals surface area contributed by atoms with Crippen molar-refractivity contribution in [3.05, 3.63) is 0 Å². The molecule has 2 N–H and O–H groups in total. The summed E-state index contributed by atoms with van der Waals surface area (Å²) in [4.78, 5) is 0. The van der Waals surface area contributed by atoms with Crippen LogP contribution in [0.4, 0.5) is 0 Å². The molecule has 2 rings (SSSR count). The first-order chi connectivity index (χ1) is 5.90. The van der Waals surface area contributed by atoms with Crippen molar-refractivity contribution in [1.29, 1.82) is 0 Å². The van der Waals surface area contributed by atoms with Crippen LogP contribution in [-0.4, -0.2) is 24.8 Å². The summed E-state index contributed by atoms with van der Waals surface area (Å²) in [5.74, 6) is 3.16. The molecule has 0 aliphatic heterocycles. The predicted octanol–water partition coefficient (Wildman–Crippen LogP) is 1.00. The molecule has 0 aromatic rings. The van der Waals surface area contributed by atoms with E-state index in [0.29, 0.717) is 6.61 Å². The number of aliphatic hydroxyl groups excluding tert-OH is 1. The zero-order valence-corrected chi connectivity index (χ0v) is 7.63. The molecule has 2 nitrogen and oxygen atoms in total. The molecule has 2 saturated carbocycles. The number of aliphatic hydroxyl groups is 1. The van der Waals surface area contributed by atoms with Gasteiger partial charge >= 0.3 is 0 Å². The lowest BCUT2D eigenvalue weighted by Crippen LogP contribution is -2.23. The largest absolute Gasteiger partial charge is 0.396 e. The van der Waals surface area contributed by atoms with Crippen LogP contribution < -0.4 is 5.32 Å². The van der Waals surface area contributed by atoms with Crippen molar-refractivity contribution in [3.63, 3.8) is 0 Å². The van der Waals surface area contributed by atoms with E-state index in [0.717, 1.165) is 30.7 Å². The van der Waals surface area contributed by atoms with Gasteiger partial charge in [0.25, 0.3) is 0 Å². The quantitative estimate of drug-likeness (QED) is 0.602. The summed E-state index contributed by atoms with van der Waals surface area (Å²) in [5.41, 5.74) is 0. The van der Waals surface area contributed by atoms with E-state index in [1.807, 2.05) is 0 Å². The molecular weight excluding hydrogens is 150 g/mol. The maximum Gasteiger partial charge on any atom is 0.0443 e. The second-order valence-corrected chi connectivity index (χ2v) is 4.37. The van der Waals surface area contributed by atoms with Crippen molar-refractivity contribution >= 4 is 0 Å². The average molecular weight is 169 g/mol. The van der Waals surface area contributed by atoms with Gasteiger partial charge in [0.2, 0.25) is 0 Å². The van der Waals surface area contributed by atoms with Crippen LogP contribution in [0.5, 0.6) is 0 Å². The van der Waals surface area contributed by atoms with Gasteiger partial charge in [-0.25, -0.2) is 0 Å². The van der Waals surface area contributed by atoms with E-state index in [2.05, 4.69) is 5.32 Å². The minimum atomic E-state index is 0.322. The molecule has 12 heavy (non-hydrogen) atoms. The van der Waals surface area contributed by atoms with E-state index in [4.69, 9.17) is 5.11 Å². The topological polar surface area (TPSA) is 32.3 Å². The third-order valence-electron chi connectivity index (χ3n) is 3.29. The monoisotopic (exact) mass is 169 g/mol. The normalized spacial score (nSPS) is 38.2. The third kappa shape index (κ3) is 1.99. The van der Waals surface area contributed by atoms with Crippen LogP contribution in [-0.2, 0) is 0 Å². The summed E-state index contributed by atoms with van der Waals surface area (Å²) >= 11 is 0. The first kappa shape index (κ1) is 8.52. The Balaban J connectivity index is 1.50. The van der Waals surface area contributed by atoms with Gasteiger partial charge in [-0.3, -0.25) is 0 Å². The highest BCUT2D eigenvalue weighted by Crippen LogP contribution is 2.54. The fraction of sp³-hybridized carbons (Fsp3) is 1.00. The fourth-order valence-corrected chi connectivity index (χ4v) is 2.52. The van der Waals surface area contributed by atoms with Gasteiger partial charge in [-0.1, -0.05) is 0 Å². The molecule has 2 atom stereocenters. The molecule has 0 saturated heterocycles. The van der Waals surface area contributed by atoms with Gasteiger partial charge in [-0.2, -0.15) is 0 Å². The van der Waals surface area contributed by atoms with Crippen LogP contribution in [0.1, 0.15) is 25.7 Å². The van der Waals surface area contributed by atoms with Crippen LogP contribution in [0.25, 0.3) is 0 Å². The van der Waals surface area contributed by atoms with Gasteiger partial charge in [-0.15, -0.1) is 0 Å². The maximum absolute atomic E-state index is 8.57. The highest BCUT2D eigenvalue weighted by molar-refractivity contribution is 4.96. The fourth-order valence-electron chi connectivity index (χ4n) is 2.52. The first-order valence-electron chi connectivity index (χ1n) is 5.21. The van der Waals surface area contributed by atoms with Crippen LogP contribution >= 0.6 is 0 Å². The lowest BCUT2D eigenvalue weighted by atomic mass is 10.0. The van der Waals surface area contributed by atoms with Gasteiger partial charge in [0.15, 0.2) is 0 Å². The number of fused-ring (bicyclic) bond motifs is 1. The summed E-state index contributed by atoms with van der Waals surface area (Å²) in [6.45, 7) is 2.50. The first-order valence-corrected chi connectivity index (χ1v) is 5.21. The van der Waals surface area contributed by atoms with Crippen LogP contribution in [0.2, 0.25) is 0 Å². The molecule has 2 unspecified atom stereocenters. The molecule has 0 bridgehead atoms. The van der Waals surface area contributed by atoms with Crippen LogP contribution in [0.3, 0.4) is 0 Å². The van der Waals surface area contributed by atoms with E-state index in [-0.39, 0.29) is 0 Å². The SMILES string of the molecule is OCCCNCC1CC2CC2C1. The molecule has 0 amide bonds. The zero-order valence-electron chi connectivity index (χ0n) is 7.63. The molecule has 0 radical (unpaired) electrons. The minimum Gasteiger partial charge on any atom is -0.396 e. The maximum atomic E-state index is 8.57. The van der Waals surface area contributed by atoms with Crippen molar-refractivity contribution in [1.82, 2.24) is 5.32 Å². The van der Waals surface area contributed by atoms with E-state index >= 15 is 0 Å². The Kier molecular flexibility index (Phi) is 2.66. The van der Waals surface area contributed by atoms with E-state index < -0.39 is 0 Å². The third-order valence-corrected chi connectivity index (χ3v) is 3.29. The molecule has 2 aliphatic carbocycles. The Morgan fingerprint density at radius 2 is 1.92 bits per heavy atom. The highest BCUT2D eigenvalue weighted by Gasteiger charge is 2.45. The number of hydrogen-bond acceptors (Lipinski definition) is 2. The molecule has 0 aromatic carbocycles. The van der Waals surface area contributed by atoms with Crippen molar-refractivity contribution in [3.8, 4) is 0 Å². The van der Waals surface area contributed by atoms with Gasteiger partial charge in [-0.05, 0) is 56.5 Å². The second-order valence-electron chi connectivity index (χ2n) is 4.37. The molecule has 0 heterocycles. The lowest BCUT2D eigenvalue weighted by molar-refractivity contribution is 0.284. The van der Waals surface area contributed by atoms with Crippen molar-refractivity contribution in [2.75, 3.05) is 19.7 Å². The van der Waals surface area contributed by atoms with E-state index in [1.54, 1.807) is 0 Å². The van der Waals surface area contributed by atoms with Crippen molar-refractivity contribution < 1.29 is 5.11 Å². The summed E-state index contributed by atoms with van der Waals surface area (Å²) in [7, 11) is 0. The molecule has 2 heteroatoms. The van der Waals surface area contributed by atoms with Crippen molar-refractivity contribution in [2.45, 2.75) is 25.7 Å². The van der Waals surface area contributed by atoms with Gasteiger partial charge in [0, 0.05) is 6.61 Å². The summed E-state index contributed by atoms with van der Waals surface area (Å²) < 4.78 is 0. The Morgan fingerprint density at radius 1 is 1.17 bits per heavy atom. The van der Waals surface area contributed by atoms with E-state index in [9.17, 15) is 0 Å². The second kappa shape index (κ2) is 3.75. The number of nitrogens with one attached hydrogen (secondary N) is 1. The van der Waals surface area contributed by atoms with Gasteiger partial charge in [0.05, 0.1) is 0 Å². The minimum absolute atomic E-state index is 0.322. The van der Waals surface area contributed by atoms with Gasteiger partial charge in [0.1, 0.15) is 0 Å². The summed E-state index contributed by atoms with van der Waals surface area (Å²) in [6, 6.07) is 0. The number of hydrogen-bond donors (Lipinski definition) is 2. The molecule has 2 aliphatic rings. The standard InChI is InChI=1S/C10H19NO/c12-3-1-2-11-7-8-4-9-6-10(9)5-8/h8-12H,1-7H2. The molecule has 2 fully saturated rings. The highest BCUT2D eigenvalue weighted by atomic mass is 16.3. The average Bonchev–Trinajstić information content (AvgIpc) is 2.69. The summed E-state index contributed by atoms with van der Waals surface area (Å²) in [6.07, 6.45) is 5.36. The lowest BCUT2D eigenvalue weighted by Gasteiger charge is -2.11. The van der Waals surface area contributed by atoms with Crippen molar-refractivity contribution in [2.24, 2.45) is 17.8 Å². The molecule has 0 spiro atoms. The predicted molar refractivity (Wildman–Crippen MR) is 48.9 cm³/mol. The Labute approximate surface area is 74.4 Å². The molecule has 0 aromatic heterocycles. The molecule has 70 valence electrons. The molecular formula is C10H19NO. The van der Waals surface area contributed by atoms with Crippen LogP contribution in [0.15, 0.2) is 0 Å². The Bertz CT molecular complexity index is 139. The smallest absolute Gasteiger partial charge is 0.0443 e.